The van der Waals surface area contributed by atoms with E-state index in [4.69, 9.17) is 0 Å². The number of benzene rings is 1. The quantitative estimate of drug-likeness (QED) is 0.783. The van der Waals surface area contributed by atoms with Crippen LogP contribution in [0.4, 0.5) is 4.39 Å². The van der Waals surface area contributed by atoms with Crippen LogP contribution in [0.15, 0.2) is 24.3 Å². The molecule has 0 aliphatic heterocycles. The molecule has 3 unspecified atom stereocenters. The van der Waals surface area contributed by atoms with Gasteiger partial charge in [-0.1, -0.05) is 32.9 Å². The van der Waals surface area contributed by atoms with Gasteiger partial charge in [-0.25, -0.2) is 4.39 Å². The van der Waals surface area contributed by atoms with Crippen LogP contribution in [0.3, 0.4) is 0 Å². The molecule has 2 heteroatoms. The van der Waals surface area contributed by atoms with Crippen molar-refractivity contribution >= 4 is 0 Å². The van der Waals surface area contributed by atoms with Crippen molar-refractivity contribution in [2.45, 2.75) is 58.9 Å². The van der Waals surface area contributed by atoms with Crippen LogP contribution in [0.2, 0.25) is 0 Å². The zero-order valence-corrected chi connectivity index (χ0v) is 13.6. The number of aryl methyl sites for hydroxylation is 1. The second kappa shape index (κ2) is 5.39. The van der Waals surface area contributed by atoms with E-state index in [0.29, 0.717) is 16.9 Å². The minimum atomic E-state index is -0.144. The van der Waals surface area contributed by atoms with E-state index in [9.17, 15) is 4.39 Å². The Balaban J connectivity index is 1.48. The van der Waals surface area contributed by atoms with Crippen LogP contribution >= 0.6 is 0 Å². The summed E-state index contributed by atoms with van der Waals surface area (Å²) in [6, 6.07) is 7.60. The Morgan fingerprint density at radius 1 is 1.19 bits per heavy atom. The molecule has 2 aliphatic rings. The molecule has 0 heterocycles. The van der Waals surface area contributed by atoms with Gasteiger partial charge in [0.15, 0.2) is 0 Å². The summed E-state index contributed by atoms with van der Waals surface area (Å²) in [5.74, 6) is 0.756. The van der Waals surface area contributed by atoms with Gasteiger partial charge in [0.05, 0.1) is 0 Å². The summed E-state index contributed by atoms with van der Waals surface area (Å²) in [5, 5.41) is 3.82. The Morgan fingerprint density at radius 2 is 1.90 bits per heavy atom. The number of rotatable bonds is 5. The Morgan fingerprint density at radius 3 is 2.48 bits per heavy atom. The van der Waals surface area contributed by atoms with Gasteiger partial charge in [-0.05, 0) is 73.1 Å². The first-order chi connectivity index (χ1) is 9.93. The van der Waals surface area contributed by atoms with E-state index >= 15 is 0 Å². The third-order valence-corrected chi connectivity index (χ3v) is 6.74. The first-order valence-electron chi connectivity index (χ1n) is 8.41. The fourth-order valence-corrected chi connectivity index (χ4v) is 4.73. The third kappa shape index (κ3) is 2.52. The molecule has 1 nitrogen and oxygen atoms in total. The number of hydrogen-bond acceptors (Lipinski definition) is 1. The second-order valence-electron chi connectivity index (χ2n) is 7.85. The number of nitrogens with one attached hydrogen (secondary N) is 1. The zero-order chi connectivity index (χ0) is 15.1. The van der Waals surface area contributed by atoms with E-state index in [1.165, 1.54) is 24.8 Å². The average Bonchev–Trinajstić information content (AvgIpc) is 2.78. The highest BCUT2D eigenvalue weighted by atomic mass is 19.1. The number of hydrogen-bond donors (Lipinski definition) is 1. The lowest BCUT2D eigenvalue weighted by molar-refractivity contribution is 0.121. The summed E-state index contributed by atoms with van der Waals surface area (Å²) in [7, 11) is 0. The van der Waals surface area contributed by atoms with Crippen LogP contribution in [0.1, 0.15) is 52.0 Å². The molecule has 0 spiro atoms. The van der Waals surface area contributed by atoms with Crippen LogP contribution in [0, 0.1) is 22.6 Å². The molecule has 2 bridgehead atoms. The molecule has 21 heavy (non-hydrogen) atoms. The number of fused-ring (bicyclic) bond motifs is 2. The van der Waals surface area contributed by atoms with Gasteiger partial charge in [0.25, 0.3) is 0 Å². The Hall–Kier alpha value is -0.890. The predicted molar refractivity (Wildman–Crippen MR) is 85.7 cm³/mol. The molecule has 3 atom stereocenters. The van der Waals surface area contributed by atoms with E-state index in [2.05, 4.69) is 26.1 Å². The minimum absolute atomic E-state index is 0.144. The van der Waals surface area contributed by atoms with Gasteiger partial charge in [-0.15, -0.1) is 0 Å². The van der Waals surface area contributed by atoms with Crippen LogP contribution in [0.5, 0.6) is 0 Å². The van der Waals surface area contributed by atoms with Gasteiger partial charge in [-0.2, -0.15) is 0 Å². The fourth-order valence-electron chi connectivity index (χ4n) is 4.73. The van der Waals surface area contributed by atoms with Crippen molar-refractivity contribution in [3.63, 3.8) is 0 Å². The fraction of sp³-hybridized carbons (Fsp3) is 0.684. The summed E-state index contributed by atoms with van der Waals surface area (Å²) in [5.41, 5.74) is 2.19. The van der Waals surface area contributed by atoms with Gasteiger partial charge in [-0.3, -0.25) is 0 Å². The highest BCUT2D eigenvalue weighted by molar-refractivity contribution is 5.16. The maximum absolute atomic E-state index is 12.9. The summed E-state index contributed by atoms with van der Waals surface area (Å²) in [4.78, 5) is 0. The zero-order valence-electron chi connectivity index (χ0n) is 13.6. The van der Waals surface area contributed by atoms with Crippen LogP contribution in [-0.4, -0.2) is 12.6 Å². The smallest absolute Gasteiger partial charge is 0.123 e. The Labute approximate surface area is 128 Å². The molecule has 1 N–H and O–H groups in total. The second-order valence-corrected chi connectivity index (χ2v) is 7.85. The molecule has 116 valence electrons. The topological polar surface area (TPSA) is 12.0 Å². The first kappa shape index (κ1) is 15.0. The molecular weight excluding hydrogens is 261 g/mol. The van der Waals surface area contributed by atoms with E-state index in [1.54, 1.807) is 12.1 Å². The maximum atomic E-state index is 12.9. The van der Waals surface area contributed by atoms with Crippen molar-refractivity contribution in [2.24, 2.45) is 16.7 Å². The van der Waals surface area contributed by atoms with Crippen molar-refractivity contribution in [3.05, 3.63) is 35.6 Å². The molecule has 0 amide bonds. The van der Waals surface area contributed by atoms with Gasteiger partial charge in [0.2, 0.25) is 0 Å². The van der Waals surface area contributed by atoms with Crippen molar-refractivity contribution < 1.29 is 4.39 Å². The average molecular weight is 289 g/mol. The summed E-state index contributed by atoms with van der Waals surface area (Å²) >= 11 is 0. The van der Waals surface area contributed by atoms with E-state index < -0.39 is 0 Å². The van der Waals surface area contributed by atoms with Gasteiger partial charge < -0.3 is 5.32 Å². The van der Waals surface area contributed by atoms with Crippen LogP contribution in [0.25, 0.3) is 0 Å². The molecule has 0 aromatic heterocycles. The molecule has 1 aromatic carbocycles. The van der Waals surface area contributed by atoms with Gasteiger partial charge in [0, 0.05) is 6.04 Å². The molecule has 0 saturated heterocycles. The van der Waals surface area contributed by atoms with Crippen molar-refractivity contribution in [1.29, 1.82) is 0 Å². The monoisotopic (exact) mass is 289 g/mol. The first-order valence-corrected chi connectivity index (χ1v) is 8.41. The normalized spacial score (nSPS) is 33.5. The van der Waals surface area contributed by atoms with E-state index in [1.807, 2.05) is 12.1 Å². The summed E-state index contributed by atoms with van der Waals surface area (Å²) in [6.45, 7) is 8.48. The van der Waals surface area contributed by atoms with E-state index in [-0.39, 0.29) is 5.82 Å². The molecule has 3 rings (SSSR count). The molecule has 2 saturated carbocycles. The standard InChI is InChI=1S/C19H28FN/c1-18(2)15-10-11-19(18,3)17(13-15)21-12-4-5-14-6-8-16(20)9-7-14/h6-9,15,17,21H,4-5,10-13H2,1-3H3. The maximum Gasteiger partial charge on any atom is 0.123 e. The Bertz CT molecular complexity index is 493. The molecule has 2 aliphatic carbocycles. The molecule has 2 fully saturated rings. The molecular formula is C19H28FN. The van der Waals surface area contributed by atoms with E-state index in [0.717, 1.165) is 25.3 Å². The highest BCUT2D eigenvalue weighted by Gasteiger charge is 2.60. The number of halogens is 1. The van der Waals surface area contributed by atoms with Crippen molar-refractivity contribution in [1.82, 2.24) is 5.32 Å². The molecule has 1 aromatic rings. The van der Waals surface area contributed by atoms with Gasteiger partial charge >= 0.3 is 0 Å². The lowest BCUT2D eigenvalue weighted by Gasteiger charge is -2.39. The summed E-state index contributed by atoms with van der Waals surface area (Å²) in [6.07, 6.45) is 6.30. The van der Waals surface area contributed by atoms with Crippen LogP contribution < -0.4 is 5.32 Å². The highest BCUT2D eigenvalue weighted by Crippen LogP contribution is 2.65. The molecule has 0 radical (unpaired) electrons. The Kier molecular flexibility index (Phi) is 3.85. The van der Waals surface area contributed by atoms with Crippen molar-refractivity contribution in [3.8, 4) is 0 Å². The third-order valence-electron chi connectivity index (χ3n) is 6.74. The predicted octanol–water partition coefficient (Wildman–Crippen LogP) is 4.56. The SMILES string of the molecule is CC1(C)C2CCC1(C)C(NCCCc1ccc(F)cc1)C2. The van der Waals surface area contributed by atoms with Crippen molar-refractivity contribution in [2.75, 3.05) is 6.54 Å². The van der Waals surface area contributed by atoms with Gasteiger partial charge in [0.1, 0.15) is 5.82 Å². The van der Waals surface area contributed by atoms with Crippen LogP contribution in [-0.2, 0) is 6.42 Å². The lowest BCUT2D eigenvalue weighted by Crippen LogP contribution is -2.44. The minimum Gasteiger partial charge on any atom is -0.313 e. The summed E-state index contributed by atoms with van der Waals surface area (Å²) < 4.78 is 12.9. The largest absolute Gasteiger partial charge is 0.313 e. The lowest BCUT2D eigenvalue weighted by atomic mass is 9.69.